The number of amides is 1. The Labute approximate surface area is 184 Å². The molecule has 2 nitrogen and oxygen atoms in total. The van der Waals surface area contributed by atoms with Gasteiger partial charge in [-0.3, -0.25) is 0 Å². The van der Waals surface area contributed by atoms with Crippen LogP contribution in [-0.4, -0.2) is 11.9 Å². The fraction of sp³-hybridized carbons (Fsp3) is 0.800. The molecule has 1 aliphatic rings. The molecular weight excluding hydrogens is 537 g/mol. The Morgan fingerprint density at radius 1 is 0.897 bits per heavy atom. The topological polar surface area (TPSA) is 29.1 Å². The molecule has 29 heavy (non-hydrogen) atoms. The maximum absolute atomic E-state index is 13.0. The second-order valence-electron chi connectivity index (χ2n) is 10.8. The van der Waals surface area contributed by atoms with Gasteiger partial charge in [-0.05, 0) is 0 Å². The average Bonchev–Trinajstić information content (AvgIpc) is 2.83. The van der Waals surface area contributed by atoms with E-state index in [0.717, 1.165) is 12.8 Å². The molecule has 0 heterocycles. The van der Waals surface area contributed by atoms with Crippen LogP contribution in [0, 0.1) is 5.92 Å². The van der Waals surface area contributed by atoms with E-state index in [1.54, 1.807) is 3.33 Å². The van der Waals surface area contributed by atoms with Crippen molar-refractivity contribution in [3.05, 3.63) is 20.0 Å². The van der Waals surface area contributed by atoms with Crippen molar-refractivity contribution >= 4 is 11.9 Å². The summed E-state index contributed by atoms with van der Waals surface area (Å²) in [6.07, 6.45) is 12.5. The summed E-state index contributed by atoms with van der Waals surface area (Å²) in [6, 6.07) is 0. The van der Waals surface area contributed by atoms with Gasteiger partial charge >= 0.3 is 178 Å². The number of hydrogen-bond donors (Lipinski definition) is 1. The van der Waals surface area contributed by atoms with E-state index in [0.29, 0.717) is 11.8 Å². The van der Waals surface area contributed by atoms with Crippen LogP contribution in [0.25, 0.3) is 0 Å². The molecule has 4 heteroatoms. The second-order valence-corrected chi connectivity index (χ2v) is 60.5. The molecule has 1 unspecified atom stereocenters. The van der Waals surface area contributed by atoms with Gasteiger partial charge in [0.05, 0.1) is 0 Å². The van der Waals surface area contributed by atoms with Crippen LogP contribution in [0.5, 0.6) is 0 Å². The molecule has 1 aliphatic carbocycles. The zero-order chi connectivity index (χ0) is 22.3. The molecule has 0 saturated heterocycles. The van der Waals surface area contributed by atoms with Crippen LogP contribution in [0.2, 0.25) is 22.5 Å². The summed E-state index contributed by atoms with van der Waals surface area (Å²) in [4.78, 5) is 13.0. The molecule has 0 fully saturated rings. The second kappa shape index (κ2) is 11.6. The minimum atomic E-state index is -3.59. The Morgan fingerprint density at radius 2 is 1.38 bits per heavy atom. The van der Waals surface area contributed by atoms with E-state index in [1.807, 2.05) is 0 Å². The van der Waals surface area contributed by atoms with E-state index in [2.05, 4.69) is 60.4 Å². The van der Waals surface area contributed by atoms with Gasteiger partial charge in [0, 0.05) is 0 Å². The molecule has 1 rings (SSSR count). The Hall–Kier alpha value is 0.0370. The van der Waals surface area contributed by atoms with E-state index in [9.17, 15) is 4.79 Å². The summed E-state index contributed by atoms with van der Waals surface area (Å²) >= 11 is -3.59. The van der Waals surface area contributed by atoms with Crippen LogP contribution in [0.1, 0.15) is 98.8 Å². The molecule has 0 bridgehead atoms. The minimum absolute atomic E-state index is 0.337. The Balaban J connectivity index is 2.63. The molecule has 0 spiro atoms. The summed E-state index contributed by atoms with van der Waals surface area (Å²) in [5, 5.41) is 0. The van der Waals surface area contributed by atoms with Crippen molar-refractivity contribution < 1.29 is 22.8 Å². The molecule has 1 amide bonds. The fourth-order valence-corrected chi connectivity index (χ4v) is 35.5. The molecule has 0 aromatic carbocycles. The predicted molar refractivity (Wildman–Crippen MR) is 131 cm³/mol. The number of carbonyl (C=O) groups excluding carboxylic acids is 1. The van der Waals surface area contributed by atoms with Crippen LogP contribution in [0.4, 0.5) is 0 Å². The van der Waals surface area contributed by atoms with Gasteiger partial charge in [0.1, 0.15) is 0 Å². The van der Waals surface area contributed by atoms with Crippen molar-refractivity contribution in [1.29, 1.82) is 0 Å². The maximum atomic E-state index is 13.0. The van der Waals surface area contributed by atoms with Crippen LogP contribution < -0.4 is 3.30 Å². The van der Waals surface area contributed by atoms with Gasteiger partial charge in [-0.25, -0.2) is 0 Å². The first-order valence-electron chi connectivity index (χ1n) is 12.4. The molecule has 0 aromatic heterocycles. The normalized spacial score (nSPS) is 19.1. The standard InChI is InChI=1S/C12H25NO.C9H13.C2H7Si.2CH3.Hf/c1-2-3-4-5-6-7-8-9-10-11-12(13)14;1-6-5-7(2)9(4)8(6)3;1-3-2;;;/h2-11H2,1H3,(H2,13,14);6H,1-4H3;3H,1-2H3;2*1H3;/q;;;;;+1/p-1. The number of allylic oxidation sites excluding steroid dienone is 4. The zero-order valence-electron chi connectivity index (χ0n) is 21.1. The van der Waals surface area contributed by atoms with Gasteiger partial charge in [-0.1, -0.05) is 6.92 Å². The average molecular weight is 587 g/mol. The number of nitrogens with one attached hydrogen (secondary N) is 1. The van der Waals surface area contributed by atoms with E-state index in [4.69, 9.17) is 0 Å². The van der Waals surface area contributed by atoms with Gasteiger partial charge < -0.3 is 0 Å². The molecular formula is C25H50HfNOSi. The van der Waals surface area contributed by atoms with Crippen molar-refractivity contribution in [1.82, 2.24) is 3.30 Å². The molecule has 1 atom stereocenters. The predicted octanol–water partition coefficient (Wildman–Crippen LogP) is 7.97. The van der Waals surface area contributed by atoms with E-state index in [-0.39, 0.29) is 0 Å². The number of carbonyl (C=O) groups is 1. The van der Waals surface area contributed by atoms with E-state index >= 15 is 0 Å². The van der Waals surface area contributed by atoms with Gasteiger partial charge in [0.25, 0.3) is 0 Å². The quantitative estimate of drug-likeness (QED) is 0.172. The number of rotatable bonds is 13. The van der Waals surface area contributed by atoms with E-state index in [1.165, 1.54) is 68.1 Å². The molecule has 169 valence electrons. The molecule has 1 N–H and O–H groups in total. The monoisotopic (exact) mass is 588 g/mol. The summed E-state index contributed by atoms with van der Waals surface area (Å²) < 4.78 is 10.5. The summed E-state index contributed by atoms with van der Waals surface area (Å²) in [5.41, 5.74) is 4.49. The number of hydrogen-bond acceptors (Lipinski definition) is 1. The van der Waals surface area contributed by atoms with Crippen molar-refractivity contribution in [2.45, 2.75) is 121 Å². The van der Waals surface area contributed by atoms with Crippen LogP contribution in [0.15, 0.2) is 20.0 Å². The summed E-state index contributed by atoms with van der Waals surface area (Å²) in [7, 11) is 0. The molecule has 0 aromatic rings. The van der Waals surface area contributed by atoms with Crippen LogP contribution in [-0.2, 0) is 22.8 Å². The first-order chi connectivity index (χ1) is 13.5. The molecule has 0 aliphatic heterocycles. The molecule has 0 radical (unpaired) electrons. The van der Waals surface area contributed by atoms with Crippen molar-refractivity contribution in [3.8, 4) is 0 Å². The Bertz CT molecular complexity index is 633. The SMILES string of the molecule is CCCCCCCCCCCC(=O)[NH][Hf]([CH3])([CH3])([C]1=C(C)C(C)=C(C)C1C)[SiH](C)C. The number of unbranched alkanes of at least 4 members (excludes halogenated alkanes) is 8. The first-order valence-corrected chi connectivity index (χ1v) is 32.3. The van der Waals surface area contributed by atoms with Crippen molar-refractivity contribution in [2.75, 3.05) is 0 Å². The Kier molecular flexibility index (Phi) is 10.8. The summed E-state index contributed by atoms with van der Waals surface area (Å²) in [6.45, 7) is 16.5. The Morgan fingerprint density at radius 3 is 1.79 bits per heavy atom. The van der Waals surface area contributed by atoms with E-state index < -0.39 is 23.9 Å². The van der Waals surface area contributed by atoms with Gasteiger partial charge in [0.2, 0.25) is 0 Å². The van der Waals surface area contributed by atoms with Gasteiger partial charge in [0.15, 0.2) is 0 Å². The van der Waals surface area contributed by atoms with Crippen LogP contribution >= 0.6 is 0 Å². The van der Waals surface area contributed by atoms with Crippen LogP contribution in [0.3, 0.4) is 0 Å². The first kappa shape index (κ1) is 27.1. The van der Waals surface area contributed by atoms with Gasteiger partial charge in [-0.2, -0.15) is 0 Å². The fourth-order valence-electron chi connectivity index (χ4n) is 5.22. The van der Waals surface area contributed by atoms with Crippen molar-refractivity contribution in [2.24, 2.45) is 5.92 Å². The van der Waals surface area contributed by atoms with Gasteiger partial charge in [-0.15, -0.1) is 0 Å². The molecule has 0 saturated carbocycles. The third-order valence-corrected chi connectivity index (χ3v) is 65.4. The van der Waals surface area contributed by atoms with Crippen molar-refractivity contribution in [3.63, 3.8) is 0 Å². The zero-order valence-corrected chi connectivity index (χ0v) is 25.9. The third kappa shape index (κ3) is 6.76. The third-order valence-electron chi connectivity index (χ3n) is 8.23. The summed E-state index contributed by atoms with van der Waals surface area (Å²) in [5.74, 6) is -0.166.